The van der Waals surface area contributed by atoms with Gasteiger partial charge >= 0.3 is 0 Å². The molecule has 3 rings (SSSR count). The molecule has 2 aromatic carbocycles. The molecule has 0 fully saturated rings. The van der Waals surface area contributed by atoms with Gasteiger partial charge in [-0.2, -0.15) is 0 Å². The van der Waals surface area contributed by atoms with Crippen molar-refractivity contribution < 1.29 is 4.39 Å². The van der Waals surface area contributed by atoms with Crippen molar-refractivity contribution in [3.05, 3.63) is 76.8 Å². The van der Waals surface area contributed by atoms with Gasteiger partial charge in [0.1, 0.15) is 5.82 Å². The Kier molecular flexibility index (Phi) is 3.86. The molecular formula is C17H14ClFN2. The molecule has 1 unspecified atom stereocenters. The first-order valence-electron chi connectivity index (χ1n) is 6.68. The molecule has 0 aliphatic carbocycles. The van der Waals surface area contributed by atoms with E-state index in [-0.39, 0.29) is 11.1 Å². The maximum atomic E-state index is 13.5. The number of hydrogen-bond donors (Lipinski definition) is 1. The summed E-state index contributed by atoms with van der Waals surface area (Å²) in [6.07, 6.45) is 2.26. The van der Waals surface area contributed by atoms with Gasteiger partial charge in [0.15, 0.2) is 0 Å². The van der Waals surface area contributed by atoms with Gasteiger partial charge < -0.3 is 5.73 Å². The highest BCUT2D eigenvalue weighted by atomic mass is 35.5. The van der Waals surface area contributed by atoms with Gasteiger partial charge in [0, 0.05) is 11.6 Å². The van der Waals surface area contributed by atoms with Gasteiger partial charge in [-0.05, 0) is 35.6 Å². The molecule has 0 spiro atoms. The second-order valence-electron chi connectivity index (χ2n) is 4.98. The molecule has 106 valence electrons. The topological polar surface area (TPSA) is 38.9 Å². The van der Waals surface area contributed by atoms with Crippen molar-refractivity contribution in [2.45, 2.75) is 12.5 Å². The molecule has 4 heteroatoms. The Balaban J connectivity index is 1.93. The minimum absolute atomic E-state index is 0.121. The minimum Gasteiger partial charge on any atom is -0.322 e. The van der Waals surface area contributed by atoms with Crippen LogP contribution in [0, 0.1) is 5.82 Å². The third-order valence-electron chi connectivity index (χ3n) is 3.50. The third-order valence-corrected chi connectivity index (χ3v) is 3.80. The summed E-state index contributed by atoms with van der Waals surface area (Å²) in [6.45, 7) is 0. The maximum absolute atomic E-state index is 13.5. The molecule has 2 N–H and O–H groups in total. The Bertz CT molecular complexity index is 783. The lowest BCUT2D eigenvalue weighted by Crippen LogP contribution is -2.15. The van der Waals surface area contributed by atoms with Gasteiger partial charge in [0.2, 0.25) is 0 Å². The fourth-order valence-electron chi connectivity index (χ4n) is 2.46. The first-order chi connectivity index (χ1) is 10.1. The molecule has 2 nitrogen and oxygen atoms in total. The Morgan fingerprint density at radius 2 is 1.95 bits per heavy atom. The van der Waals surface area contributed by atoms with Gasteiger partial charge in [-0.3, -0.25) is 4.98 Å². The van der Waals surface area contributed by atoms with E-state index in [1.54, 1.807) is 18.3 Å². The van der Waals surface area contributed by atoms with Crippen LogP contribution in [0.3, 0.4) is 0 Å². The van der Waals surface area contributed by atoms with E-state index < -0.39 is 5.82 Å². The lowest BCUT2D eigenvalue weighted by molar-refractivity contribution is 0.621. The van der Waals surface area contributed by atoms with E-state index in [2.05, 4.69) is 4.98 Å². The SMILES string of the molecule is NC(Cc1ccc(Cl)c(F)c1)c1nccc2ccccc12. The summed E-state index contributed by atoms with van der Waals surface area (Å²) < 4.78 is 13.5. The number of rotatable bonds is 3. The largest absolute Gasteiger partial charge is 0.322 e. The molecule has 0 radical (unpaired) electrons. The molecule has 1 aromatic heterocycles. The third kappa shape index (κ3) is 2.89. The number of aromatic nitrogens is 1. The number of pyridine rings is 1. The molecule has 0 saturated heterocycles. The smallest absolute Gasteiger partial charge is 0.142 e. The van der Waals surface area contributed by atoms with Gasteiger partial charge in [-0.1, -0.05) is 41.9 Å². The second kappa shape index (κ2) is 5.80. The lowest BCUT2D eigenvalue weighted by Gasteiger charge is -2.14. The molecule has 0 amide bonds. The van der Waals surface area contributed by atoms with Crippen LogP contribution in [-0.2, 0) is 6.42 Å². The van der Waals surface area contributed by atoms with E-state index in [0.717, 1.165) is 22.0 Å². The Morgan fingerprint density at radius 1 is 1.14 bits per heavy atom. The van der Waals surface area contributed by atoms with Crippen molar-refractivity contribution in [1.82, 2.24) is 4.98 Å². The fourth-order valence-corrected chi connectivity index (χ4v) is 2.57. The van der Waals surface area contributed by atoms with Crippen molar-refractivity contribution in [1.29, 1.82) is 0 Å². The van der Waals surface area contributed by atoms with E-state index >= 15 is 0 Å². The van der Waals surface area contributed by atoms with Crippen LogP contribution in [0.5, 0.6) is 0 Å². The monoisotopic (exact) mass is 300 g/mol. The number of hydrogen-bond acceptors (Lipinski definition) is 2. The average molecular weight is 301 g/mol. The van der Waals surface area contributed by atoms with Crippen LogP contribution in [0.25, 0.3) is 10.8 Å². The zero-order chi connectivity index (χ0) is 14.8. The molecule has 0 bridgehead atoms. The highest BCUT2D eigenvalue weighted by molar-refractivity contribution is 6.30. The summed E-state index contributed by atoms with van der Waals surface area (Å²) in [4.78, 5) is 4.40. The molecular weight excluding hydrogens is 287 g/mol. The van der Waals surface area contributed by atoms with Crippen LogP contribution >= 0.6 is 11.6 Å². The van der Waals surface area contributed by atoms with Gasteiger partial charge in [-0.15, -0.1) is 0 Å². The summed E-state index contributed by atoms with van der Waals surface area (Å²) in [6, 6.07) is 14.4. The zero-order valence-electron chi connectivity index (χ0n) is 11.3. The number of halogens is 2. The number of fused-ring (bicyclic) bond motifs is 1. The Morgan fingerprint density at radius 3 is 2.76 bits per heavy atom. The number of benzene rings is 2. The Labute approximate surface area is 127 Å². The van der Waals surface area contributed by atoms with Gasteiger partial charge in [-0.25, -0.2) is 4.39 Å². The summed E-state index contributed by atoms with van der Waals surface area (Å²) in [5, 5.41) is 2.25. The highest BCUT2D eigenvalue weighted by Gasteiger charge is 2.13. The molecule has 0 aliphatic rings. The van der Waals surface area contributed by atoms with Crippen LogP contribution < -0.4 is 5.73 Å². The quantitative estimate of drug-likeness (QED) is 0.784. The Hall–Kier alpha value is -1.97. The molecule has 3 aromatic rings. The highest BCUT2D eigenvalue weighted by Crippen LogP contribution is 2.24. The zero-order valence-corrected chi connectivity index (χ0v) is 12.0. The molecule has 0 aliphatic heterocycles. The minimum atomic E-state index is -0.424. The van der Waals surface area contributed by atoms with Crippen molar-refractivity contribution in [2.24, 2.45) is 5.73 Å². The van der Waals surface area contributed by atoms with Gasteiger partial charge in [0.25, 0.3) is 0 Å². The second-order valence-corrected chi connectivity index (χ2v) is 5.38. The molecule has 1 atom stereocenters. The van der Waals surface area contributed by atoms with E-state index in [9.17, 15) is 4.39 Å². The summed E-state index contributed by atoms with van der Waals surface area (Å²) in [5.74, 6) is -0.424. The van der Waals surface area contributed by atoms with E-state index in [1.807, 2.05) is 30.3 Å². The standard InChI is InChI=1S/C17H14ClFN2/c18-14-6-5-11(9-15(14)19)10-16(20)17-13-4-2-1-3-12(13)7-8-21-17/h1-9,16H,10,20H2. The summed E-state index contributed by atoms with van der Waals surface area (Å²) in [7, 11) is 0. The normalized spacial score (nSPS) is 12.5. The van der Waals surface area contributed by atoms with Crippen LogP contribution in [-0.4, -0.2) is 4.98 Å². The van der Waals surface area contributed by atoms with E-state index in [4.69, 9.17) is 17.3 Å². The molecule has 21 heavy (non-hydrogen) atoms. The average Bonchev–Trinajstić information content (AvgIpc) is 2.50. The lowest BCUT2D eigenvalue weighted by atomic mass is 9.99. The van der Waals surface area contributed by atoms with Crippen molar-refractivity contribution >= 4 is 22.4 Å². The van der Waals surface area contributed by atoms with E-state index in [1.165, 1.54) is 6.07 Å². The van der Waals surface area contributed by atoms with Crippen molar-refractivity contribution in [3.63, 3.8) is 0 Å². The molecule has 1 heterocycles. The van der Waals surface area contributed by atoms with Gasteiger partial charge in [0.05, 0.1) is 16.8 Å². The van der Waals surface area contributed by atoms with E-state index in [0.29, 0.717) is 6.42 Å². The predicted molar refractivity (Wildman–Crippen MR) is 83.8 cm³/mol. The summed E-state index contributed by atoms with van der Waals surface area (Å²) >= 11 is 5.69. The molecule has 0 saturated carbocycles. The fraction of sp³-hybridized carbons (Fsp3) is 0.118. The number of nitrogens with zero attached hydrogens (tertiary/aromatic N) is 1. The summed E-state index contributed by atoms with van der Waals surface area (Å²) in [5.41, 5.74) is 7.89. The maximum Gasteiger partial charge on any atom is 0.142 e. The first kappa shape index (κ1) is 14.0. The number of nitrogens with two attached hydrogens (primary N) is 1. The first-order valence-corrected chi connectivity index (χ1v) is 7.06. The van der Waals surface area contributed by atoms with Crippen molar-refractivity contribution in [3.8, 4) is 0 Å². The van der Waals surface area contributed by atoms with Crippen LogP contribution in [0.1, 0.15) is 17.3 Å². The predicted octanol–water partition coefficient (Wildman–Crippen LogP) is 4.27. The van der Waals surface area contributed by atoms with Crippen LogP contribution in [0.2, 0.25) is 5.02 Å². The van der Waals surface area contributed by atoms with Crippen LogP contribution in [0.15, 0.2) is 54.7 Å². The van der Waals surface area contributed by atoms with Crippen molar-refractivity contribution in [2.75, 3.05) is 0 Å². The van der Waals surface area contributed by atoms with Crippen LogP contribution in [0.4, 0.5) is 4.39 Å².